The van der Waals surface area contributed by atoms with Crippen molar-refractivity contribution < 1.29 is 9.53 Å². The van der Waals surface area contributed by atoms with Crippen LogP contribution in [0.2, 0.25) is 5.02 Å². The van der Waals surface area contributed by atoms with Crippen molar-refractivity contribution >= 4 is 34.8 Å². The molecule has 110 valence electrons. The molecule has 0 heterocycles. The zero-order chi connectivity index (χ0) is 15.4. The Bertz CT molecular complexity index is 671. The third-order valence-corrected chi connectivity index (χ3v) is 3.79. The van der Waals surface area contributed by atoms with Crippen LogP contribution in [0.3, 0.4) is 0 Å². The van der Waals surface area contributed by atoms with E-state index < -0.39 is 0 Å². The summed E-state index contributed by atoms with van der Waals surface area (Å²) in [6.45, 7) is 1.87. The fourth-order valence-corrected chi connectivity index (χ4v) is 2.24. The van der Waals surface area contributed by atoms with Gasteiger partial charge in [0.05, 0.1) is 12.8 Å². The summed E-state index contributed by atoms with van der Waals surface area (Å²) in [6.07, 6.45) is 0. The van der Waals surface area contributed by atoms with Gasteiger partial charge in [-0.25, -0.2) is 0 Å². The zero-order valence-electron chi connectivity index (χ0n) is 11.7. The van der Waals surface area contributed by atoms with E-state index in [0.717, 1.165) is 11.1 Å². The molecule has 0 spiro atoms. The molecule has 3 nitrogen and oxygen atoms in total. The molecule has 1 amide bonds. The number of alkyl halides is 1. The maximum atomic E-state index is 12.3. The van der Waals surface area contributed by atoms with Gasteiger partial charge >= 0.3 is 0 Å². The Morgan fingerprint density at radius 1 is 1.29 bits per heavy atom. The van der Waals surface area contributed by atoms with E-state index >= 15 is 0 Å². The van der Waals surface area contributed by atoms with Crippen LogP contribution in [-0.2, 0) is 5.88 Å². The number of methoxy groups -OCH3 is 1. The Morgan fingerprint density at radius 2 is 2.05 bits per heavy atom. The lowest BCUT2D eigenvalue weighted by atomic mass is 10.1. The fourth-order valence-electron chi connectivity index (χ4n) is 1.92. The summed E-state index contributed by atoms with van der Waals surface area (Å²) in [5, 5.41) is 3.42. The molecule has 0 aliphatic carbocycles. The fraction of sp³-hybridized carbons (Fsp3) is 0.188. The summed E-state index contributed by atoms with van der Waals surface area (Å²) in [5.41, 5.74) is 2.88. The third-order valence-electron chi connectivity index (χ3n) is 3.07. The van der Waals surface area contributed by atoms with Crippen LogP contribution in [0.1, 0.15) is 21.5 Å². The number of hydrogen-bond acceptors (Lipinski definition) is 2. The molecule has 0 radical (unpaired) electrons. The number of carbonyl (C=O) groups excluding carboxylic acids is 1. The molecule has 2 rings (SSSR count). The molecule has 2 aromatic carbocycles. The minimum atomic E-state index is -0.220. The minimum absolute atomic E-state index is 0.220. The quantitative estimate of drug-likeness (QED) is 0.832. The number of hydrogen-bond donors (Lipinski definition) is 1. The lowest BCUT2D eigenvalue weighted by Crippen LogP contribution is -2.13. The van der Waals surface area contributed by atoms with Crippen molar-refractivity contribution in [3.63, 3.8) is 0 Å². The van der Waals surface area contributed by atoms with Crippen LogP contribution in [0.5, 0.6) is 5.75 Å². The largest absolute Gasteiger partial charge is 0.495 e. The molecule has 0 unspecified atom stereocenters. The van der Waals surface area contributed by atoms with Crippen LogP contribution in [0.25, 0.3) is 0 Å². The van der Waals surface area contributed by atoms with Crippen LogP contribution < -0.4 is 10.1 Å². The molecule has 0 saturated heterocycles. The van der Waals surface area contributed by atoms with Gasteiger partial charge in [-0.05, 0) is 36.2 Å². The van der Waals surface area contributed by atoms with Gasteiger partial charge in [-0.2, -0.15) is 0 Å². The normalized spacial score (nSPS) is 10.3. The molecule has 5 heteroatoms. The molecule has 0 aromatic heterocycles. The molecule has 1 N–H and O–H groups in total. The average molecular weight is 324 g/mol. The first-order valence-corrected chi connectivity index (χ1v) is 7.26. The van der Waals surface area contributed by atoms with E-state index in [1.54, 1.807) is 30.3 Å². The van der Waals surface area contributed by atoms with E-state index in [9.17, 15) is 4.79 Å². The highest BCUT2D eigenvalue weighted by molar-refractivity contribution is 6.31. The van der Waals surface area contributed by atoms with Crippen molar-refractivity contribution in [2.75, 3.05) is 12.4 Å². The maximum Gasteiger partial charge on any atom is 0.255 e. The van der Waals surface area contributed by atoms with Gasteiger partial charge in [0.15, 0.2) is 0 Å². The van der Waals surface area contributed by atoms with E-state index in [-0.39, 0.29) is 5.91 Å². The third kappa shape index (κ3) is 3.69. The van der Waals surface area contributed by atoms with Crippen LogP contribution in [0, 0.1) is 6.92 Å². The van der Waals surface area contributed by atoms with E-state index in [2.05, 4.69) is 5.32 Å². The summed E-state index contributed by atoms with van der Waals surface area (Å²) in [5.74, 6) is 0.666. The maximum absolute atomic E-state index is 12.3. The summed E-state index contributed by atoms with van der Waals surface area (Å²) in [7, 11) is 1.53. The van der Waals surface area contributed by atoms with Gasteiger partial charge in [-0.3, -0.25) is 4.79 Å². The van der Waals surface area contributed by atoms with Gasteiger partial charge in [0.2, 0.25) is 0 Å². The van der Waals surface area contributed by atoms with E-state index in [0.29, 0.717) is 27.9 Å². The Hall–Kier alpha value is -1.71. The molecule has 21 heavy (non-hydrogen) atoms. The van der Waals surface area contributed by atoms with E-state index in [1.807, 2.05) is 13.0 Å². The predicted octanol–water partition coefficient (Wildman–Crippen LogP) is 4.65. The van der Waals surface area contributed by atoms with E-state index in [1.165, 1.54) is 7.11 Å². The summed E-state index contributed by atoms with van der Waals surface area (Å²) in [4.78, 5) is 12.3. The Labute approximate surface area is 133 Å². The zero-order valence-corrected chi connectivity index (χ0v) is 13.3. The summed E-state index contributed by atoms with van der Waals surface area (Å²) in [6, 6.07) is 10.6. The highest BCUT2D eigenvalue weighted by Crippen LogP contribution is 2.31. The standard InChI is InChI=1S/C16H15Cl2NO2/c1-10-6-14(15(21-2)8-13(10)18)19-16(20)12-5-3-4-11(7-12)9-17/h3-8H,9H2,1-2H3,(H,19,20). The van der Waals surface area contributed by atoms with Gasteiger partial charge < -0.3 is 10.1 Å². The van der Waals surface area contributed by atoms with Crippen LogP contribution in [-0.4, -0.2) is 13.0 Å². The molecular weight excluding hydrogens is 309 g/mol. The number of carbonyl (C=O) groups is 1. The van der Waals surface area contributed by atoms with Crippen LogP contribution >= 0.6 is 23.2 Å². The Kier molecular flexibility index (Phi) is 5.10. The molecule has 0 bridgehead atoms. The number of anilines is 1. The molecular formula is C16H15Cl2NO2. The Morgan fingerprint density at radius 3 is 2.71 bits per heavy atom. The van der Waals surface area contributed by atoms with Gasteiger partial charge in [0.25, 0.3) is 5.91 Å². The molecule has 0 fully saturated rings. The molecule has 0 aliphatic rings. The van der Waals surface area contributed by atoms with Crippen molar-refractivity contribution in [1.29, 1.82) is 0 Å². The van der Waals surface area contributed by atoms with Gasteiger partial charge in [0.1, 0.15) is 5.75 Å². The van der Waals surface area contributed by atoms with Crippen molar-refractivity contribution in [2.24, 2.45) is 0 Å². The second-order valence-corrected chi connectivity index (χ2v) is 5.26. The topological polar surface area (TPSA) is 38.3 Å². The molecule has 2 aromatic rings. The van der Waals surface area contributed by atoms with Crippen molar-refractivity contribution in [1.82, 2.24) is 0 Å². The first-order chi connectivity index (χ1) is 10.0. The minimum Gasteiger partial charge on any atom is -0.495 e. The van der Waals surface area contributed by atoms with Crippen molar-refractivity contribution in [2.45, 2.75) is 12.8 Å². The number of aryl methyl sites for hydroxylation is 1. The molecule has 0 saturated carbocycles. The lowest BCUT2D eigenvalue weighted by Gasteiger charge is -2.12. The van der Waals surface area contributed by atoms with Crippen molar-refractivity contribution in [3.8, 4) is 5.75 Å². The second kappa shape index (κ2) is 6.83. The Balaban J connectivity index is 2.28. The van der Waals surface area contributed by atoms with Gasteiger partial charge in [-0.1, -0.05) is 23.7 Å². The first kappa shape index (κ1) is 15.7. The molecule has 0 atom stereocenters. The number of nitrogens with one attached hydrogen (secondary N) is 1. The number of ether oxygens (including phenoxy) is 1. The van der Waals surface area contributed by atoms with Crippen LogP contribution in [0.4, 0.5) is 5.69 Å². The number of halogens is 2. The first-order valence-electron chi connectivity index (χ1n) is 6.35. The van der Waals surface area contributed by atoms with Gasteiger partial charge in [-0.15, -0.1) is 11.6 Å². The highest BCUT2D eigenvalue weighted by atomic mass is 35.5. The summed E-state index contributed by atoms with van der Waals surface area (Å²) >= 11 is 11.8. The number of benzene rings is 2. The van der Waals surface area contributed by atoms with Crippen molar-refractivity contribution in [3.05, 3.63) is 58.1 Å². The smallest absolute Gasteiger partial charge is 0.255 e. The average Bonchev–Trinajstić information content (AvgIpc) is 2.50. The monoisotopic (exact) mass is 323 g/mol. The van der Waals surface area contributed by atoms with Crippen LogP contribution in [0.15, 0.2) is 36.4 Å². The molecule has 0 aliphatic heterocycles. The lowest BCUT2D eigenvalue weighted by molar-refractivity contribution is 0.102. The summed E-state index contributed by atoms with van der Waals surface area (Å²) < 4.78 is 5.24. The SMILES string of the molecule is COc1cc(Cl)c(C)cc1NC(=O)c1cccc(CCl)c1. The number of amides is 1. The highest BCUT2D eigenvalue weighted by Gasteiger charge is 2.12. The van der Waals surface area contributed by atoms with Gasteiger partial charge in [0, 0.05) is 22.5 Å². The van der Waals surface area contributed by atoms with E-state index in [4.69, 9.17) is 27.9 Å². The predicted molar refractivity (Wildman–Crippen MR) is 86.7 cm³/mol. The second-order valence-electron chi connectivity index (χ2n) is 4.59. The number of rotatable bonds is 4.